The number of hydrogen-bond acceptors (Lipinski definition) is 2. The van der Waals surface area contributed by atoms with Gasteiger partial charge in [0.1, 0.15) is 0 Å². The van der Waals surface area contributed by atoms with E-state index in [-0.39, 0.29) is 0 Å². The number of nitrogens with zero attached hydrogens (tertiary/aromatic N) is 2. The number of aromatic nitrogens is 2. The third-order valence-corrected chi connectivity index (χ3v) is 3.17. The van der Waals surface area contributed by atoms with E-state index < -0.39 is 0 Å². The zero-order valence-corrected chi connectivity index (χ0v) is 8.11. The second-order valence-corrected chi connectivity index (χ2v) is 3.95. The normalized spacial score (nSPS) is 19.8. The van der Waals surface area contributed by atoms with Gasteiger partial charge in [-0.25, -0.2) is 4.98 Å². The van der Waals surface area contributed by atoms with Crippen LogP contribution in [0, 0.1) is 5.92 Å². The molecule has 0 radical (unpaired) electrons. The maximum absolute atomic E-state index is 5.51. The molecule has 1 aromatic heterocycles. The first-order valence-electron chi connectivity index (χ1n) is 5.03. The van der Waals surface area contributed by atoms with E-state index in [1.165, 1.54) is 19.3 Å². The van der Waals surface area contributed by atoms with Gasteiger partial charge in [-0.05, 0) is 25.7 Å². The van der Waals surface area contributed by atoms with E-state index in [9.17, 15) is 0 Å². The fraction of sp³-hybridized carbons (Fsp3) is 0.700. The predicted molar refractivity (Wildman–Crippen MR) is 52.2 cm³/mol. The van der Waals surface area contributed by atoms with Crippen LogP contribution in [0.4, 0.5) is 0 Å². The molecule has 1 atom stereocenters. The fourth-order valence-corrected chi connectivity index (χ4v) is 1.87. The topological polar surface area (TPSA) is 43.8 Å². The minimum Gasteiger partial charge on any atom is -0.334 e. The highest BCUT2D eigenvalue weighted by Crippen LogP contribution is 2.35. The Balaban J connectivity index is 2.05. The Morgan fingerprint density at radius 2 is 2.46 bits per heavy atom. The second-order valence-electron chi connectivity index (χ2n) is 3.95. The van der Waals surface area contributed by atoms with Crippen molar-refractivity contribution in [2.75, 3.05) is 0 Å². The summed E-state index contributed by atoms with van der Waals surface area (Å²) >= 11 is 0. The van der Waals surface area contributed by atoms with E-state index in [2.05, 4.69) is 22.7 Å². The van der Waals surface area contributed by atoms with E-state index in [0.717, 1.165) is 11.6 Å². The van der Waals surface area contributed by atoms with Crippen molar-refractivity contribution in [2.24, 2.45) is 11.7 Å². The van der Waals surface area contributed by atoms with E-state index >= 15 is 0 Å². The molecule has 1 saturated carbocycles. The van der Waals surface area contributed by atoms with Gasteiger partial charge in [-0.1, -0.05) is 6.42 Å². The van der Waals surface area contributed by atoms with Gasteiger partial charge in [0.05, 0.1) is 12.0 Å². The van der Waals surface area contributed by atoms with Crippen LogP contribution in [0.1, 0.15) is 37.9 Å². The Morgan fingerprint density at radius 1 is 1.69 bits per heavy atom. The number of rotatable bonds is 3. The third-order valence-electron chi connectivity index (χ3n) is 3.17. The highest BCUT2D eigenvalue weighted by Gasteiger charge is 2.24. The first-order chi connectivity index (χ1) is 6.31. The van der Waals surface area contributed by atoms with Crippen molar-refractivity contribution in [1.29, 1.82) is 0 Å². The number of nitrogens with two attached hydrogens (primary N) is 1. The molecule has 0 amide bonds. The van der Waals surface area contributed by atoms with Crippen LogP contribution in [0.25, 0.3) is 0 Å². The van der Waals surface area contributed by atoms with Crippen molar-refractivity contribution in [3.63, 3.8) is 0 Å². The van der Waals surface area contributed by atoms with E-state index in [1.54, 1.807) is 0 Å². The number of imidazole rings is 1. The lowest BCUT2D eigenvalue weighted by Gasteiger charge is -2.32. The van der Waals surface area contributed by atoms with Crippen molar-refractivity contribution in [2.45, 2.75) is 38.8 Å². The smallest absolute Gasteiger partial charge is 0.0952 e. The van der Waals surface area contributed by atoms with Crippen LogP contribution in [-0.2, 0) is 6.54 Å². The molecular formula is C10H17N3. The van der Waals surface area contributed by atoms with Crippen molar-refractivity contribution in [3.05, 3.63) is 18.2 Å². The summed E-state index contributed by atoms with van der Waals surface area (Å²) in [7, 11) is 0. The highest BCUT2D eigenvalue weighted by atomic mass is 15.1. The van der Waals surface area contributed by atoms with Crippen molar-refractivity contribution in [1.82, 2.24) is 9.55 Å². The average molecular weight is 179 g/mol. The van der Waals surface area contributed by atoms with Gasteiger partial charge in [-0.15, -0.1) is 0 Å². The summed E-state index contributed by atoms with van der Waals surface area (Å²) in [6, 6.07) is 0.599. The fourth-order valence-electron chi connectivity index (χ4n) is 1.87. The minimum atomic E-state index is 0.546. The van der Waals surface area contributed by atoms with E-state index in [4.69, 9.17) is 5.73 Å². The van der Waals surface area contributed by atoms with Crippen molar-refractivity contribution in [3.8, 4) is 0 Å². The molecule has 0 bridgehead atoms. The molecule has 1 aliphatic rings. The monoisotopic (exact) mass is 179 g/mol. The highest BCUT2D eigenvalue weighted by molar-refractivity contribution is 4.98. The zero-order valence-electron chi connectivity index (χ0n) is 8.11. The Bertz CT molecular complexity index is 275. The van der Waals surface area contributed by atoms with Gasteiger partial charge in [-0.2, -0.15) is 0 Å². The van der Waals surface area contributed by atoms with E-state index in [1.807, 2.05) is 6.33 Å². The van der Waals surface area contributed by atoms with Gasteiger partial charge >= 0.3 is 0 Å². The molecule has 0 saturated heterocycles. The summed E-state index contributed by atoms with van der Waals surface area (Å²) in [5.41, 5.74) is 6.50. The predicted octanol–water partition coefficient (Wildman–Crippen LogP) is 1.70. The molecular weight excluding hydrogens is 162 g/mol. The van der Waals surface area contributed by atoms with Crippen LogP contribution in [0.5, 0.6) is 0 Å². The second kappa shape index (κ2) is 3.50. The molecule has 0 aromatic carbocycles. The van der Waals surface area contributed by atoms with Gasteiger partial charge in [0.15, 0.2) is 0 Å². The maximum Gasteiger partial charge on any atom is 0.0952 e. The summed E-state index contributed by atoms with van der Waals surface area (Å²) in [6.45, 7) is 2.82. The van der Waals surface area contributed by atoms with Gasteiger partial charge in [-0.3, -0.25) is 0 Å². The molecule has 1 aromatic rings. The van der Waals surface area contributed by atoms with Gasteiger partial charge in [0, 0.05) is 18.8 Å². The molecule has 1 fully saturated rings. The summed E-state index contributed by atoms with van der Waals surface area (Å²) in [5, 5.41) is 0. The molecule has 1 heterocycles. The number of hydrogen-bond donors (Lipinski definition) is 1. The third kappa shape index (κ3) is 1.61. The lowest BCUT2D eigenvalue weighted by molar-refractivity contribution is 0.222. The largest absolute Gasteiger partial charge is 0.334 e. The van der Waals surface area contributed by atoms with Crippen LogP contribution in [0.2, 0.25) is 0 Å². The summed E-state index contributed by atoms with van der Waals surface area (Å²) in [6.07, 6.45) is 8.12. The molecule has 1 aliphatic carbocycles. The van der Waals surface area contributed by atoms with Crippen LogP contribution >= 0.6 is 0 Å². The van der Waals surface area contributed by atoms with Gasteiger partial charge < -0.3 is 10.3 Å². The van der Waals surface area contributed by atoms with Crippen LogP contribution < -0.4 is 5.73 Å². The van der Waals surface area contributed by atoms with Crippen LogP contribution in [0.3, 0.4) is 0 Å². The average Bonchev–Trinajstić information content (AvgIpc) is 2.48. The lowest BCUT2D eigenvalue weighted by Crippen LogP contribution is -2.21. The summed E-state index contributed by atoms with van der Waals surface area (Å²) in [4.78, 5) is 4.23. The quantitative estimate of drug-likeness (QED) is 0.767. The Hall–Kier alpha value is -0.830. The SMILES string of the molecule is CC(C1CCC1)n1cnc(CN)c1. The molecule has 2 N–H and O–H groups in total. The summed E-state index contributed by atoms with van der Waals surface area (Å²) < 4.78 is 2.20. The molecule has 72 valence electrons. The Labute approximate surface area is 79.0 Å². The zero-order chi connectivity index (χ0) is 9.26. The molecule has 0 spiro atoms. The Kier molecular flexibility index (Phi) is 2.36. The lowest BCUT2D eigenvalue weighted by atomic mass is 9.80. The Morgan fingerprint density at radius 3 is 2.92 bits per heavy atom. The van der Waals surface area contributed by atoms with Crippen molar-refractivity contribution >= 4 is 0 Å². The molecule has 3 heteroatoms. The maximum atomic E-state index is 5.51. The standard InChI is InChI=1S/C10H17N3/c1-8(9-3-2-4-9)13-6-10(5-11)12-7-13/h6-9H,2-5,11H2,1H3. The van der Waals surface area contributed by atoms with Gasteiger partial charge in [0.2, 0.25) is 0 Å². The molecule has 0 aliphatic heterocycles. The van der Waals surface area contributed by atoms with Crippen LogP contribution in [0.15, 0.2) is 12.5 Å². The first-order valence-corrected chi connectivity index (χ1v) is 5.03. The van der Waals surface area contributed by atoms with Crippen molar-refractivity contribution < 1.29 is 0 Å². The molecule has 13 heavy (non-hydrogen) atoms. The van der Waals surface area contributed by atoms with E-state index in [0.29, 0.717) is 12.6 Å². The van der Waals surface area contributed by atoms with Crippen LogP contribution in [-0.4, -0.2) is 9.55 Å². The summed E-state index contributed by atoms with van der Waals surface area (Å²) in [5.74, 6) is 0.861. The van der Waals surface area contributed by atoms with Gasteiger partial charge in [0.25, 0.3) is 0 Å². The molecule has 1 unspecified atom stereocenters. The minimum absolute atomic E-state index is 0.546. The molecule has 2 rings (SSSR count). The first kappa shape index (κ1) is 8.75. The molecule has 3 nitrogen and oxygen atoms in total.